The summed E-state index contributed by atoms with van der Waals surface area (Å²) < 4.78 is 4.98. The normalized spacial score (nSPS) is 11.8. The van der Waals surface area contributed by atoms with E-state index in [0.29, 0.717) is 0 Å². The highest BCUT2D eigenvalue weighted by Crippen LogP contribution is 2.44. The third kappa shape index (κ3) is 3.41. The zero-order valence-corrected chi connectivity index (χ0v) is 23.5. The molecule has 2 nitrogen and oxygen atoms in total. The van der Waals surface area contributed by atoms with E-state index in [1.54, 1.807) is 0 Å². The van der Waals surface area contributed by atoms with Crippen molar-refractivity contribution in [3.05, 3.63) is 146 Å². The molecular weight excluding hydrogens is 529 g/mol. The van der Waals surface area contributed by atoms with Gasteiger partial charge in [0.2, 0.25) is 0 Å². The van der Waals surface area contributed by atoms with Gasteiger partial charge in [0.15, 0.2) is 0 Å². The first-order valence-electron chi connectivity index (χ1n) is 14.2. The first-order valence-corrected chi connectivity index (χ1v) is 15.1. The maximum Gasteiger partial charge on any atom is 0.147 e. The fourth-order valence-electron chi connectivity index (χ4n) is 6.49. The molecule has 0 bridgehead atoms. The van der Waals surface area contributed by atoms with Crippen molar-refractivity contribution in [3.63, 3.8) is 0 Å². The van der Waals surface area contributed by atoms with Gasteiger partial charge in [-0.15, -0.1) is 11.3 Å². The molecule has 9 rings (SSSR count). The van der Waals surface area contributed by atoms with Gasteiger partial charge >= 0.3 is 0 Å². The van der Waals surface area contributed by atoms with E-state index in [4.69, 9.17) is 4.98 Å². The topological polar surface area (TPSA) is 17.8 Å². The molecule has 3 heteroatoms. The second-order valence-electron chi connectivity index (χ2n) is 10.8. The number of rotatable bonds is 3. The molecule has 0 atom stereocenters. The molecular formula is C39H24N2S. The minimum Gasteiger partial charge on any atom is -0.291 e. The predicted molar refractivity (Wildman–Crippen MR) is 180 cm³/mol. The molecule has 0 aliphatic heterocycles. The molecule has 42 heavy (non-hydrogen) atoms. The molecule has 0 amide bonds. The Labute approximate surface area is 246 Å². The van der Waals surface area contributed by atoms with Crippen molar-refractivity contribution in [2.45, 2.75) is 0 Å². The molecule has 7 aromatic carbocycles. The molecule has 196 valence electrons. The third-order valence-electron chi connectivity index (χ3n) is 8.40. The molecule has 0 unspecified atom stereocenters. The van der Waals surface area contributed by atoms with Crippen molar-refractivity contribution < 1.29 is 0 Å². The first-order chi connectivity index (χ1) is 20.8. The van der Waals surface area contributed by atoms with Crippen molar-refractivity contribution in [2.24, 2.45) is 0 Å². The summed E-state index contributed by atoms with van der Waals surface area (Å²) in [5.74, 6) is 0.965. The quantitative estimate of drug-likeness (QED) is 0.213. The molecule has 2 aromatic heterocycles. The minimum atomic E-state index is 0.965. The zero-order chi connectivity index (χ0) is 27.6. The van der Waals surface area contributed by atoms with Crippen LogP contribution in [-0.2, 0) is 0 Å². The van der Waals surface area contributed by atoms with E-state index >= 15 is 0 Å². The van der Waals surface area contributed by atoms with Gasteiger partial charge in [-0.05, 0) is 34.5 Å². The van der Waals surface area contributed by atoms with Crippen molar-refractivity contribution in [3.8, 4) is 28.2 Å². The van der Waals surface area contributed by atoms with Gasteiger partial charge in [0.25, 0.3) is 0 Å². The van der Waals surface area contributed by atoms with Crippen LogP contribution in [0.2, 0.25) is 0 Å². The standard InChI is InChI=1S/C39H24N2S/c1-2-11-25(12-3-1)30-23-21-27-14-5-7-16-29(27)37(30)41-34-24-22-26-13-4-6-15-28(26)36(34)40-39(41)33-19-10-18-32-31-17-8-9-20-35(31)42-38(32)33/h1-24H. The third-order valence-corrected chi connectivity index (χ3v) is 9.62. The Morgan fingerprint density at radius 1 is 0.476 bits per heavy atom. The SMILES string of the molecule is c1ccc(-c2ccc3ccccc3c2-n2c(-c3cccc4c3sc3ccccc34)nc3c4ccccc4ccc32)cc1. The van der Waals surface area contributed by atoms with Gasteiger partial charge in [-0.25, -0.2) is 4.98 Å². The molecule has 9 aromatic rings. The van der Waals surface area contributed by atoms with Gasteiger partial charge in [0.1, 0.15) is 5.82 Å². The number of thiophene rings is 1. The monoisotopic (exact) mass is 552 g/mol. The van der Waals surface area contributed by atoms with Crippen molar-refractivity contribution >= 4 is 64.1 Å². The van der Waals surface area contributed by atoms with Gasteiger partial charge in [-0.2, -0.15) is 0 Å². The molecule has 0 aliphatic rings. The second-order valence-corrected chi connectivity index (χ2v) is 11.8. The molecule has 0 aliphatic carbocycles. The van der Waals surface area contributed by atoms with Crippen LogP contribution in [0.15, 0.2) is 146 Å². The molecule has 2 heterocycles. The van der Waals surface area contributed by atoms with Crippen LogP contribution < -0.4 is 0 Å². The molecule has 0 N–H and O–H groups in total. The van der Waals surface area contributed by atoms with E-state index < -0.39 is 0 Å². The molecule has 0 saturated heterocycles. The van der Waals surface area contributed by atoms with E-state index in [1.807, 2.05) is 11.3 Å². The maximum absolute atomic E-state index is 5.52. The lowest BCUT2D eigenvalue weighted by Gasteiger charge is -2.18. The highest BCUT2D eigenvalue weighted by atomic mass is 32.1. The van der Waals surface area contributed by atoms with Crippen LogP contribution >= 0.6 is 11.3 Å². The summed E-state index contributed by atoms with van der Waals surface area (Å²) >= 11 is 1.85. The smallest absolute Gasteiger partial charge is 0.147 e. The average molecular weight is 553 g/mol. The van der Waals surface area contributed by atoms with Crippen LogP contribution in [0.1, 0.15) is 0 Å². The Bertz CT molecular complexity index is 2470. The van der Waals surface area contributed by atoms with E-state index in [9.17, 15) is 0 Å². The minimum absolute atomic E-state index is 0.965. The Kier molecular flexibility index (Phi) is 5.10. The number of fused-ring (bicyclic) bond motifs is 7. The van der Waals surface area contributed by atoms with Gasteiger partial charge in [0, 0.05) is 42.1 Å². The number of nitrogens with zero attached hydrogens (tertiary/aromatic N) is 2. The number of imidazole rings is 1. The fraction of sp³-hybridized carbons (Fsp3) is 0. The van der Waals surface area contributed by atoms with Crippen LogP contribution in [0.5, 0.6) is 0 Å². The zero-order valence-electron chi connectivity index (χ0n) is 22.7. The molecule has 0 spiro atoms. The Balaban J connectivity index is 1.49. The van der Waals surface area contributed by atoms with Crippen LogP contribution in [0.4, 0.5) is 0 Å². The molecule has 0 fully saturated rings. The summed E-state index contributed by atoms with van der Waals surface area (Å²) in [6.45, 7) is 0. The summed E-state index contributed by atoms with van der Waals surface area (Å²) in [5, 5.41) is 7.35. The first kappa shape index (κ1) is 23.5. The summed E-state index contributed by atoms with van der Waals surface area (Å²) in [5.41, 5.74) is 6.81. The predicted octanol–water partition coefficient (Wildman–Crippen LogP) is 11.0. The van der Waals surface area contributed by atoms with Crippen LogP contribution in [-0.4, -0.2) is 9.55 Å². The Hall–Kier alpha value is -5.25. The summed E-state index contributed by atoms with van der Waals surface area (Å²) in [6, 6.07) is 52.4. The summed E-state index contributed by atoms with van der Waals surface area (Å²) in [4.78, 5) is 5.52. The molecule has 0 saturated carbocycles. The average Bonchev–Trinajstić information content (AvgIpc) is 3.63. The summed E-state index contributed by atoms with van der Waals surface area (Å²) in [7, 11) is 0. The van der Waals surface area contributed by atoms with Gasteiger partial charge in [0.05, 0.1) is 16.7 Å². The van der Waals surface area contributed by atoms with E-state index in [2.05, 4.69) is 150 Å². The number of hydrogen-bond donors (Lipinski definition) is 0. The molecule has 0 radical (unpaired) electrons. The Morgan fingerprint density at radius 2 is 1.14 bits per heavy atom. The lowest BCUT2D eigenvalue weighted by atomic mass is 9.97. The highest BCUT2D eigenvalue weighted by Gasteiger charge is 2.23. The number of aromatic nitrogens is 2. The van der Waals surface area contributed by atoms with Gasteiger partial charge < -0.3 is 0 Å². The van der Waals surface area contributed by atoms with Gasteiger partial charge in [-0.1, -0.05) is 127 Å². The van der Waals surface area contributed by atoms with Crippen LogP contribution in [0.25, 0.3) is 81.0 Å². The van der Waals surface area contributed by atoms with Crippen LogP contribution in [0, 0.1) is 0 Å². The Morgan fingerprint density at radius 3 is 2.00 bits per heavy atom. The summed E-state index contributed by atoms with van der Waals surface area (Å²) in [6.07, 6.45) is 0. The van der Waals surface area contributed by atoms with Crippen molar-refractivity contribution in [1.29, 1.82) is 0 Å². The maximum atomic E-state index is 5.52. The van der Waals surface area contributed by atoms with E-state index in [0.717, 1.165) is 28.1 Å². The van der Waals surface area contributed by atoms with Crippen molar-refractivity contribution in [1.82, 2.24) is 9.55 Å². The van der Waals surface area contributed by atoms with Crippen molar-refractivity contribution in [2.75, 3.05) is 0 Å². The van der Waals surface area contributed by atoms with Crippen LogP contribution in [0.3, 0.4) is 0 Å². The highest BCUT2D eigenvalue weighted by molar-refractivity contribution is 7.26. The fourth-order valence-corrected chi connectivity index (χ4v) is 7.70. The lowest BCUT2D eigenvalue weighted by Crippen LogP contribution is -2.02. The lowest BCUT2D eigenvalue weighted by molar-refractivity contribution is 1.12. The number of hydrogen-bond acceptors (Lipinski definition) is 2. The second kappa shape index (κ2) is 9.13. The van der Waals surface area contributed by atoms with E-state index in [1.165, 1.54) is 52.8 Å². The van der Waals surface area contributed by atoms with E-state index in [-0.39, 0.29) is 0 Å². The largest absolute Gasteiger partial charge is 0.291 e. The van der Waals surface area contributed by atoms with Gasteiger partial charge in [-0.3, -0.25) is 4.57 Å². The number of benzene rings is 7.